The van der Waals surface area contributed by atoms with Crippen molar-refractivity contribution in [3.63, 3.8) is 0 Å². The molecule has 7 nitrogen and oxygen atoms in total. The number of hydrogen-bond acceptors (Lipinski definition) is 8. The van der Waals surface area contributed by atoms with E-state index in [9.17, 15) is 4.79 Å². The van der Waals surface area contributed by atoms with E-state index in [1.807, 2.05) is 0 Å². The number of thioether (sulfide) groups is 1. The average Bonchev–Trinajstić information content (AvgIpc) is 2.88. The number of ether oxygens (including phenoxy) is 3. The van der Waals surface area contributed by atoms with E-state index in [-0.39, 0.29) is 16.9 Å². The molecule has 0 N–H and O–H groups in total. The van der Waals surface area contributed by atoms with Gasteiger partial charge in [0, 0.05) is 49.2 Å². The van der Waals surface area contributed by atoms with Gasteiger partial charge in [-0.25, -0.2) is 0 Å². The summed E-state index contributed by atoms with van der Waals surface area (Å²) in [6.07, 6.45) is 0.402. The molecule has 1 aromatic rings. The molecule has 1 saturated heterocycles. The van der Waals surface area contributed by atoms with E-state index >= 15 is 0 Å². The molecule has 0 aliphatic carbocycles. The molecule has 2 heterocycles. The van der Waals surface area contributed by atoms with E-state index in [1.54, 1.807) is 14.1 Å². The number of nitrogens with zero attached hydrogens (tertiary/aromatic N) is 3. The molecule has 0 bridgehead atoms. The fourth-order valence-corrected chi connectivity index (χ4v) is 2.85. The lowest BCUT2D eigenvalue weighted by Crippen LogP contribution is -2.38. The van der Waals surface area contributed by atoms with E-state index in [0.29, 0.717) is 36.6 Å². The molecule has 1 amide bonds. The van der Waals surface area contributed by atoms with Crippen molar-refractivity contribution >= 4 is 28.5 Å². The summed E-state index contributed by atoms with van der Waals surface area (Å²) in [5.41, 5.74) is 0.0711. The molecule has 0 atom stereocenters. The van der Waals surface area contributed by atoms with Crippen LogP contribution in [0.4, 0.5) is 4.79 Å². The van der Waals surface area contributed by atoms with E-state index in [2.05, 4.69) is 23.2 Å². The van der Waals surface area contributed by atoms with Crippen LogP contribution in [-0.2, 0) is 9.47 Å². The summed E-state index contributed by atoms with van der Waals surface area (Å²) >= 11 is 2.11. The summed E-state index contributed by atoms with van der Waals surface area (Å²) in [5, 5.41) is 0.742. The first-order chi connectivity index (χ1) is 10.4. The zero-order valence-electron chi connectivity index (χ0n) is 13.2. The van der Waals surface area contributed by atoms with Crippen LogP contribution in [0.5, 0.6) is 5.19 Å². The van der Waals surface area contributed by atoms with Gasteiger partial charge in [0.1, 0.15) is 0 Å². The lowest BCUT2D eigenvalue weighted by molar-refractivity contribution is -0.225. The summed E-state index contributed by atoms with van der Waals surface area (Å²) < 4.78 is 20.9. The maximum atomic E-state index is 11.5. The highest BCUT2D eigenvalue weighted by molar-refractivity contribution is 8.13. The molecule has 1 aromatic heterocycles. The van der Waals surface area contributed by atoms with Gasteiger partial charge in [-0.2, -0.15) is 9.36 Å². The van der Waals surface area contributed by atoms with Crippen LogP contribution in [0.25, 0.3) is 0 Å². The summed E-state index contributed by atoms with van der Waals surface area (Å²) in [4.78, 5) is 17.2. The third-order valence-electron chi connectivity index (χ3n) is 2.83. The van der Waals surface area contributed by atoms with E-state index in [4.69, 9.17) is 14.2 Å². The Morgan fingerprint density at radius 2 is 2.14 bits per heavy atom. The normalized spacial score (nSPS) is 18.2. The van der Waals surface area contributed by atoms with Crippen LogP contribution in [0, 0.1) is 5.41 Å². The van der Waals surface area contributed by atoms with Gasteiger partial charge in [0.15, 0.2) is 6.29 Å². The Kier molecular flexibility index (Phi) is 6.01. The number of amides is 1. The number of rotatable bonds is 5. The molecular formula is C13H21N3O4S2. The number of carbonyl (C=O) groups excluding carboxylic acids is 1. The van der Waals surface area contributed by atoms with Crippen molar-refractivity contribution in [3.8, 4) is 5.19 Å². The first-order valence-corrected chi connectivity index (χ1v) is 8.53. The SMILES string of the molecule is CN(C)C(=O)Sc1nsc(OCCC2OCC(C)(C)CO2)n1. The van der Waals surface area contributed by atoms with E-state index in [0.717, 1.165) is 23.3 Å². The number of carbonyl (C=O) groups is 1. The molecule has 1 aliphatic rings. The molecular weight excluding hydrogens is 326 g/mol. The third-order valence-corrected chi connectivity index (χ3v) is 4.48. The highest BCUT2D eigenvalue weighted by atomic mass is 32.2. The fraction of sp³-hybridized carbons (Fsp3) is 0.769. The molecule has 0 radical (unpaired) electrons. The van der Waals surface area contributed by atoms with Crippen LogP contribution in [0.3, 0.4) is 0 Å². The minimum absolute atomic E-state index is 0.0711. The predicted octanol–water partition coefficient (Wildman–Crippen LogP) is 2.48. The van der Waals surface area contributed by atoms with Crippen LogP contribution >= 0.6 is 23.3 Å². The van der Waals surface area contributed by atoms with Crippen LogP contribution in [0.1, 0.15) is 20.3 Å². The van der Waals surface area contributed by atoms with Crippen LogP contribution < -0.4 is 4.74 Å². The molecule has 0 unspecified atom stereocenters. The molecule has 1 aliphatic heterocycles. The highest BCUT2D eigenvalue weighted by Gasteiger charge is 2.28. The Hall–Kier alpha value is -0.900. The van der Waals surface area contributed by atoms with Crippen molar-refractivity contribution in [3.05, 3.63) is 0 Å². The second-order valence-corrected chi connectivity index (χ2v) is 7.59. The monoisotopic (exact) mass is 347 g/mol. The lowest BCUT2D eigenvalue weighted by Gasteiger charge is -2.34. The first-order valence-electron chi connectivity index (χ1n) is 6.94. The first kappa shape index (κ1) is 17.5. The minimum atomic E-state index is -0.231. The van der Waals surface area contributed by atoms with Crippen molar-refractivity contribution < 1.29 is 19.0 Å². The Balaban J connectivity index is 1.70. The zero-order chi connectivity index (χ0) is 16.2. The van der Waals surface area contributed by atoms with Gasteiger partial charge < -0.3 is 19.1 Å². The fourth-order valence-electron chi connectivity index (χ4n) is 1.60. The van der Waals surface area contributed by atoms with Crippen LogP contribution in [0.2, 0.25) is 0 Å². The maximum absolute atomic E-state index is 11.5. The Labute approximate surface area is 138 Å². The van der Waals surface area contributed by atoms with Gasteiger partial charge >= 0.3 is 0 Å². The molecule has 0 spiro atoms. The van der Waals surface area contributed by atoms with Crippen molar-refractivity contribution in [2.75, 3.05) is 33.9 Å². The Morgan fingerprint density at radius 3 is 2.77 bits per heavy atom. The summed E-state index contributed by atoms with van der Waals surface area (Å²) in [6, 6.07) is 0. The molecule has 0 saturated carbocycles. The summed E-state index contributed by atoms with van der Waals surface area (Å²) in [7, 11) is 3.37. The molecule has 124 valence electrons. The standard InChI is InChI=1S/C13H21N3O4S2/c1-13(2)7-19-9(20-8-13)5-6-18-11-14-10(15-22-11)21-12(17)16(3)4/h9H,5-8H2,1-4H3. The average molecular weight is 347 g/mol. The van der Waals surface area contributed by atoms with E-state index in [1.165, 1.54) is 4.90 Å². The summed E-state index contributed by atoms with van der Waals surface area (Å²) in [6.45, 7) is 6.02. The van der Waals surface area contributed by atoms with Gasteiger partial charge in [0.25, 0.3) is 10.4 Å². The summed E-state index contributed by atoms with van der Waals surface area (Å²) in [5.74, 6) is 0. The molecule has 1 fully saturated rings. The molecule has 0 aromatic carbocycles. The second-order valence-electron chi connectivity index (χ2n) is 5.96. The molecule has 9 heteroatoms. The number of aromatic nitrogens is 2. The van der Waals surface area contributed by atoms with Gasteiger partial charge in [0.05, 0.1) is 19.8 Å². The molecule has 2 rings (SSSR count). The lowest BCUT2D eigenvalue weighted by atomic mass is 9.95. The van der Waals surface area contributed by atoms with Gasteiger partial charge in [-0.05, 0) is 0 Å². The number of hydrogen-bond donors (Lipinski definition) is 0. The quantitative estimate of drug-likeness (QED) is 0.758. The maximum Gasteiger partial charge on any atom is 0.293 e. The van der Waals surface area contributed by atoms with Gasteiger partial charge in [0.2, 0.25) is 5.16 Å². The van der Waals surface area contributed by atoms with Crippen molar-refractivity contribution in [2.24, 2.45) is 5.41 Å². The topological polar surface area (TPSA) is 73.8 Å². The van der Waals surface area contributed by atoms with Crippen molar-refractivity contribution in [1.29, 1.82) is 0 Å². The highest BCUT2D eigenvalue weighted by Crippen LogP contribution is 2.25. The van der Waals surface area contributed by atoms with Gasteiger partial charge in [-0.1, -0.05) is 13.8 Å². The zero-order valence-corrected chi connectivity index (χ0v) is 14.8. The van der Waals surface area contributed by atoms with Gasteiger partial charge in [-0.3, -0.25) is 4.79 Å². The largest absolute Gasteiger partial charge is 0.469 e. The predicted molar refractivity (Wildman–Crippen MR) is 84.4 cm³/mol. The van der Waals surface area contributed by atoms with Crippen molar-refractivity contribution in [1.82, 2.24) is 14.3 Å². The van der Waals surface area contributed by atoms with Crippen molar-refractivity contribution in [2.45, 2.75) is 31.7 Å². The second kappa shape index (κ2) is 7.58. The Bertz CT molecular complexity index is 497. The minimum Gasteiger partial charge on any atom is -0.469 e. The van der Waals surface area contributed by atoms with Crippen LogP contribution in [-0.4, -0.2) is 59.7 Å². The van der Waals surface area contributed by atoms with Gasteiger partial charge in [-0.15, -0.1) is 0 Å². The Morgan fingerprint density at radius 1 is 1.45 bits per heavy atom. The molecule has 22 heavy (non-hydrogen) atoms. The van der Waals surface area contributed by atoms with Crippen LogP contribution in [0.15, 0.2) is 5.16 Å². The third kappa shape index (κ3) is 5.38. The van der Waals surface area contributed by atoms with E-state index < -0.39 is 0 Å². The smallest absolute Gasteiger partial charge is 0.293 e.